The minimum atomic E-state index is -0.643. The van der Waals surface area contributed by atoms with Crippen LogP contribution in [-0.4, -0.2) is 4.92 Å². The number of nitro benzene ring substituents is 1. The van der Waals surface area contributed by atoms with Crippen molar-refractivity contribution in [2.75, 3.05) is 0 Å². The van der Waals surface area contributed by atoms with Crippen LogP contribution in [0.25, 0.3) is 0 Å². The van der Waals surface area contributed by atoms with Gasteiger partial charge in [0, 0.05) is 24.2 Å². The van der Waals surface area contributed by atoms with Crippen molar-refractivity contribution in [3.8, 4) is 11.5 Å². The zero-order valence-corrected chi connectivity index (χ0v) is 11.8. The molecule has 0 aliphatic heterocycles. The van der Waals surface area contributed by atoms with Crippen molar-refractivity contribution in [3.63, 3.8) is 0 Å². The van der Waals surface area contributed by atoms with Gasteiger partial charge in [-0.05, 0) is 22.0 Å². The minimum absolute atomic E-state index is 0.00339. The van der Waals surface area contributed by atoms with E-state index in [4.69, 9.17) is 10.5 Å². The van der Waals surface area contributed by atoms with E-state index in [1.54, 1.807) is 24.3 Å². The van der Waals surface area contributed by atoms with E-state index in [9.17, 15) is 14.5 Å². The quantitative estimate of drug-likeness (QED) is 0.679. The van der Waals surface area contributed by atoms with Crippen LogP contribution in [0, 0.1) is 15.9 Å². The molecule has 0 saturated carbocycles. The van der Waals surface area contributed by atoms with Crippen LogP contribution in [0.1, 0.15) is 5.56 Å². The van der Waals surface area contributed by atoms with Gasteiger partial charge in [-0.15, -0.1) is 0 Å². The van der Waals surface area contributed by atoms with Crippen molar-refractivity contribution in [2.24, 2.45) is 5.73 Å². The van der Waals surface area contributed by atoms with E-state index in [0.29, 0.717) is 11.3 Å². The Labute approximate surface area is 122 Å². The lowest BCUT2D eigenvalue weighted by Crippen LogP contribution is -2.01. The van der Waals surface area contributed by atoms with Crippen LogP contribution in [0.3, 0.4) is 0 Å². The number of hydrogen-bond acceptors (Lipinski definition) is 4. The predicted molar refractivity (Wildman–Crippen MR) is 75.2 cm³/mol. The molecule has 0 fully saturated rings. The maximum absolute atomic E-state index is 13.5. The zero-order valence-electron chi connectivity index (χ0n) is 10.2. The van der Waals surface area contributed by atoms with E-state index < -0.39 is 10.7 Å². The molecule has 20 heavy (non-hydrogen) atoms. The topological polar surface area (TPSA) is 78.4 Å². The standard InChI is InChI=1S/C13H10BrFN2O3/c14-9-5-11(17(18)19)13(6-10(9)15)20-12-4-2-1-3-8(12)7-16/h1-6H,7,16H2. The van der Waals surface area contributed by atoms with Gasteiger partial charge in [0.05, 0.1) is 9.40 Å². The molecular weight excluding hydrogens is 331 g/mol. The van der Waals surface area contributed by atoms with E-state index in [0.717, 1.165) is 12.1 Å². The molecule has 7 heteroatoms. The molecule has 0 aliphatic carbocycles. The molecule has 0 radical (unpaired) electrons. The van der Waals surface area contributed by atoms with Gasteiger partial charge in [0.25, 0.3) is 0 Å². The summed E-state index contributed by atoms with van der Waals surface area (Å²) in [6, 6.07) is 8.86. The summed E-state index contributed by atoms with van der Waals surface area (Å²) in [5.74, 6) is -0.452. The summed E-state index contributed by atoms with van der Waals surface area (Å²) in [7, 11) is 0. The average Bonchev–Trinajstić information content (AvgIpc) is 2.43. The maximum Gasteiger partial charge on any atom is 0.312 e. The van der Waals surface area contributed by atoms with E-state index in [-0.39, 0.29) is 22.5 Å². The number of para-hydroxylation sites is 1. The molecule has 0 amide bonds. The summed E-state index contributed by atoms with van der Waals surface area (Å²) < 4.78 is 19.0. The summed E-state index contributed by atoms with van der Waals surface area (Å²) in [5, 5.41) is 11.0. The Kier molecular flexibility index (Phi) is 4.31. The van der Waals surface area contributed by atoms with Crippen LogP contribution in [0.4, 0.5) is 10.1 Å². The first-order valence-electron chi connectivity index (χ1n) is 5.62. The SMILES string of the molecule is NCc1ccccc1Oc1cc(F)c(Br)cc1[N+](=O)[O-]. The molecular formula is C13H10BrFN2O3. The number of nitro groups is 1. The normalized spacial score (nSPS) is 10.3. The smallest absolute Gasteiger partial charge is 0.312 e. The Balaban J connectivity index is 2.47. The first kappa shape index (κ1) is 14.4. The van der Waals surface area contributed by atoms with Gasteiger partial charge in [0.15, 0.2) is 0 Å². The van der Waals surface area contributed by atoms with Crippen molar-refractivity contribution >= 4 is 21.6 Å². The van der Waals surface area contributed by atoms with Crippen LogP contribution in [0.15, 0.2) is 40.9 Å². The second kappa shape index (κ2) is 5.98. The highest BCUT2D eigenvalue weighted by atomic mass is 79.9. The lowest BCUT2D eigenvalue weighted by molar-refractivity contribution is -0.385. The number of hydrogen-bond donors (Lipinski definition) is 1. The molecule has 2 aromatic rings. The zero-order chi connectivity index (χ0) is 14.7. The van der Waals surface area contributed by atoms with Gasteiger partial charge in [-0.2, -0.15) is 0 Å². The number of nitrogens with two attached hydrogens (primary N) is 1. The van der Waals surface area contributed by atoms with Gasteiger partial charge in [-0.1, -0.05) is 18.2 Å². The minimum Gasteiger partial charge on any atom is -0.450 e. The van der Waals surface area contributed by atoms with Crippen molar-refractivity contribution in [2.45, 2.75) is 6.54 Å². The molecule has 0 spiro atoms. The molecule has 0 heterocycles. The van der Waals surface area contributed by atoms with Gasteiger partial charge in [0.1, 0.15) is 11.6 Å². The van der Waals surface area contributed by atoms with Gasteiger partial charge in [0.2, 0.25) is 5.75 Å². The molecule has 0 aliphatic rings. The average molecular weight is 341 g/mol. The van der Waals surface area contributed by atoms with Crippen molar-refractivity contribution in [1.29, 1.82) is 0 Å². The summed E-state index contributed by atoms with van der Waals surface area (Å²) in [6.45, 7) is 0.211. The van der Waals surface area contributed by atoms with Crippen LogP contribution in [-0.2, 0) is 6.54 Å². The molecule has 0 unspecified atom stereocenters. The number of rotatable bonds is 4. The lowest BCUT2D eigenvalue weighted by atomic mass is 10.2. The number of ether oxygens (including phenoxy) is 1. The largest absolute Gasteiger partial charge is 0.450 e. The molecule has 2 N–H and O–H groups in total. The van der Waals surface area contributed by atoms with Gasteiger partial charge < -0.3 is 10.5 Å². The molecule has 104 valence electrons. The highest BCUT2D eigenvalue weighted by Crippen LogP contribution is 2.36. The van der Waals surface area contributed by atoms with E-state index in [1.165, 1.54) is 0 Å². The molecule has 0 atom stereocenters. The summed E-state index contributed by atoms with van der Waals surface area (Å²) >= 11 is 2.91. The Hall–Kier alpha value is -1.99. The summed E-state index contributed by atoms with van der Waals surface area (Å²) in [5.41, 5.74) is 5.90. The third-order valence-corrected chi connectivity index (χ3v) is 3.22. The van der Waals surface area contributed by atoms with Crippen LogP contribution in [0.2, 0.25) is 0 Å². The lowest BCUT2D eigenvalue weighted by Gasteiger charge is -2.10. The molecule has 2 rings (SSSR count). The third-order valence-electron chi connectivity index (χ3n) is 2.61. The molecule has 2 aromatic carbocycles. The molecule has 0 aromatic heterocycles. The second-order valence-electron chi connectivity index (χ2n) is 3.91. The highest BCUT2D eigenvalue weighted by Gasteiger charge is 2.20. The Bertz CT molecular complexity index is 664. The fourth-order valence-electron chi connectivity index (χ4n) is 1.63. The van der Waals surface area contributed by atoms with Gasteiger partial charge in [-0.3, -0.25) is 10.1 Å². The third kappa shape index (κ3) is 2.94. The number of benzene rings is 2. The molecule has 0 bridgehead atoms. The monoisotopic (exact) mass is 340 g/mol. The predicted octanol–water partition coefficient (Wildman–Crippen LogP) is 3.75. The fourth-order valence-corrected chi connectivity index (χ4v) is 1.96. The maximum atomic E-state index is 13.5. The van der Waals surface area contributed by atoms with Crippen LogP contribution >= 0.6 is 15.9 Å². The first-order valence-corrected chi connectivity index (χ1v) is 6.41. The van der Waals surface area contributed by atoms with Crippen LogP contribution < -0.4 is 10.5 Å². The highest BCUT2D eigenvalue weighted by molar-refractivity contribution is 9.10. The molecule has 0 saturated heterocycles. The second-order valence-corrected chi connectivity index (χ2v) is 4.76. The Morgan fingerprint density at radius 2 is 2.00 bits per heavy atom. The summed E-state index contributed by atoms with van der Waals surface area (Å²) in [4.78, 5) is 10.4. The van der Waals surface area contributed by atoms with Gasteiger partial charge in [-0.25, -0.2) is 4.39 Å². The van der Waals surface area contributed by atoms with E-state index in [1.807, 2.05) is 0 Å². The number of nitrogens with zero attached hydrogens (tertiary/aromatic N) is 1. The Morgan fingerprint density at radius 3 is 2.65 bits per heavy atom. The van der Waals surface area contributed by atoms with Crippen molar-refractivity contribution in [1.82, 2.24) is 0 Å². The Morgan fingerprint density at radius 1 is 1.30 bits per heavy atom. The van der Waals surface area contributed by atoms with E-state index in [2.05, 4.69) is 15.9 Å². The first-order chi connectivity index (χ1) is 9.52. The van der Waals surface area contributed by atoms with Crippen molar-refractivity contribution < 1.29 is 14.1 Å². The van der Waals surface area contributed by atoms with Gasteiger partial charge >= 0.3 is 5.69 Å². The van der Waals surface area contributed by atoms with E-state index >= 15 is 0 Å². The van der Waals surface area contributed by atoms with Crippen LogP contribution in [0.5, 0.6) is 11.5 Å². The summed E-state index contributed by atoms with van der Waals surface area (Å²) in [6.07, 6.45) is 0. The number of halogens is 2. The van der Waals surface area contributed by atoms with Crippen molar-refractivity contribution in [3.05, 3.63) is 62.4 Å². The molecule has 5 nitrogen and oxygen atoms in total. The fraction of sp³-hybridized carbons (Fsp3) is 0.0769.